The Morgan fingerprint density at radius 1 is 1.04 bits per heavy atom. The van der Waals surface area contributed by atoms with E-state index in [1.54, 1.807) is 25.3 Å². The van der Waals surface area contributed by atoms with Crippen molar-refractivity contribution in [1.29, 1.82) is 0 Å². The maximum atomic E-state index is 12.2. The van der Waals surface area contributed by atoms with Crippen LogP contribution in [-0.2, 0) is 11.2 Å². The van der Waals surface area contributed by atoms with Crippen molar-refractivity contribution in [3.63, 3.8) is 0 Å². The first kappa shape index (κ1) is 15.5. The molecule has 0 fully saturated rings. The van der Waals surface area contributed by atoms with Crippen LogP contribution in [0.2, 0.25) is 0 Å². The Kier molecular flexibility index (Phi) is 4.15. The smallest absolute Gasteiger partial charge is 0.270 e. The third-order valence-electron chi connectivity index (χ3n) is 3.58. The standard InChI is InChI=1S/C17H15N3O4/c1-24-12-4-2-3-10(7-12)8-15(21)18-11-5-6-13-14(9-11)17(23)20-19-16(13)22/h2-7,9H,8H2,1H3,(H,18,21)(H,19,22)(H,20,23). The SMILES string of the molecule is COc1cccc(CC(=O)Nc2ccc3c(=O)[nH][nH]c(=O)c3c2)c1. The maximum absolute atomic E-state index is 12.2. The number of carbonyl (C=O) groups is 1. The molecule has 2 aromatic carbocycles. The highest BCUT2D eigenvalue weighted by atomic mass is 16.5. The fraction of sp³-hybridized carbons (Fsp3) is 0.118. The van der Waals surface area contributed by atoms with E-state index in [-0.39, 0.29) is 28.7 Å². The quantitative estimate of drug-likeness (QED) is 0.674. The second kappa shape index (κ2) is 6.41. The first-order chi connectivity index (χ1) is 11.6. The Balaban J connectivity index is 1.81. The Morgan fingerprint density at radius 3 is 2.54 bits per heavy atom. The number of amides is 1. The van der Waals surface area contributed by atoms with Crippen molar-refractivity contribution in [2.75, 3.05) is 12.4 Å². The molecule has 0 saturated carbocycles. The monoisotopic (exact) mass is 325 g/mol. The zero-order chi connectivity index (χ0) is 17.1. The van der Waals surface area contributed by atoms with Crippen molar-refractivity contribution in [2.45, 2.75) is 6.42 Å². The molecule has 0 saturated heterocycles. The average Bonchev–Trinajstić information content (AvgIpc) is 2.58. The predicted molar refractivity (Wildman–Crippen MR) is 90.5 cm³/mol. The van der Waals surface area contributed by atoms with E-state index in [9.17, 15) is 14.4 Å². The van der Waals surface area contributed by atoms with Crippen LogP contribution >= 0.6 is 0 Å². The molecule has 0 atom stereocenters. The van der Waals surface area contributed by atoms with Gasteiger partial charge >= 0.3 is 0 Å². The average molecular weight is 325 g/mol. The molecule has 0 spiro atoms. The van der Waals surface area contributed by atoms with Crippen LogP contribution in [0, 0.1) is 0 Å². The van der Waals surface area contributed by atoms with E-state index >= 15 is 0 Å². The lowest BCUT2D eigenvalue weighted by Crippen LogP contribution is -2.19. The fourth-order valence-corrected chi connectivity index (χ4v) is 2.43. The van der Waals surface area contributed by atoms with Gasteiger partial charge in [0, 0.05) is 5.69 Å². The molecule has 1 amide bonds. The lowest BCUT2D eigenvalue weighted by atomic mass is 10.1. The van der Waals surface area contributed by atoms with Gasteiger partial charge in [-0.2, -0.15) is 0 Å². The van der Waals surface area contributed by atoms with E-state index in [1.807, 2.05) is 12.1 Å². The highest BCUT2D eigenvalue weighted by Gasteiger charge is 2.08. The van der Waals surface area contributed by atoms with Crippen molar-refractivity contribution >= 4 is 22.4 Å². The summed E-state index contributed by atoms with van der Waals surface area (Å²) in [5, 5.41) is 7.72. The second-order valence-corrected chi connectivity index (χ2v) is 5.25. The molecular weight excluding hydrogens is 310 g/mol. The van der Waals surface area contributed by atoms with Gasteiger partial charge in [-0.15, -0.1) is 0 Å². The number of anilines is 1. The van der Waals surface area contributed by atoms with Crippen molar-refractivity contribution in [3.8, 4) is 5.75 Å². The van der Waals surface area contributed by atoms with Crippen LogP contribution in [0.3, 0.4) is 0 Å². The fourth-order valence-electron chi connectivity index (χ4n) is 2.43. The molecule has 0 aliphatic carbocycles. The van der Waals surface area contributed by atoms with Gasteiger partial charge in [0.25, 0.3) is 11.1 Å². The van der Waals surface area contributed by atoms with E-state index in [0.717, 1.165) is 5.56 Å². The van der Waals surface area contributed by atoms with E-state index in [1.165, 1.54) is 12.1 Å². The van der Waals surface area contributed by atoms with Crippen molar-refractivity contribution in [3.05, 3.63) is 68.7 Å². The van der Waals surface area contributed by atoms with Crippen molar-refractivity contribution in [2.24, 2.45) is 0 Å². The van der Waals surface area contributed by atoms with Gasteiger partial charge < -0.3 is 10.1 Å². The predicted octanol–water partition coefficient (Wildman–Crippen LogP) is 1.41. The van der Waals surface area contributed by atoms with Gasteiger partial charge in [-0.25, -0.2) is 0 Å². The first-order valence-electron chi connectivity index (χ1n) is 7.24. The molecule has 0 bridgehead atoms. The van der Waals surface area contributed by atoms with Crippen LogP contribution < -0.4 is 21.2 Å². The summed E-state index contributed by atoms with van der Waals surface area (Å²) in [6, 6.07) is 11.8. The van der Waals surface area contributed by atoms with Gasteiger partial charge in [0.2, 0.25) is 5.91 Å². The first-order valence-corrected chi connectivity index (χ1v) is 7.24. The second-order valence-electron chi connectivity index (χ2n) is 5.25. The number of aromatic amines is 2. The van der Waals surface area contributed by atoms with Crippen molar-refractivity contribution < 1.29 is 9.53 Å². The molecule has 7 nitrogen and oxygen atoms in total. The van der Waals surface area contributed by atoms with Crippen LogP contribution in [0.5, 0.6) is 5.75 Å². The number of H-pyrrole nitrogens is 2. The lowest BCUT2D eigenvalue weighted by Gasteiger charge is -2.07. The number of benzene rings is 2. The van der Waals surface area contributed by atoms with E-state index in [0.29, 0.717) is 11.4 Å². The summed E-state index contributed by atoms with van der Waals surface area (Å²) in [6.07, 6.45) is 0.168. The summed E-state index contributed by atoms with van der Waals surface area (Å²) in [7, 11) is 1.56. The van der Waals surface area contributed by atoms with Crippen LogP contribution in [0.4, 0.5) is 5.69 Å². The molecule has 3 rings (SSSR count). The summed E-state index contributed by atoms with van der Waals surface area (Å²) in [5.41, 5.74) is 0.445. The van der Waals surface area contributed by atoms with Crippen LogP contribution in [-0.4, -0.2) is 23.2 Å². The number of hydrogen-bond acceptors (Lipinski definition) is 4. The summed E-state index contributed by atoms with van der Waals surface area (Å²) in [5.74, 6) is 0.445. The summed E-state index contributed by atoms with van der Waals surface area (Å²) in [6.45, 7) is 0. The van der Waals surface area contributed by atoms with Crippen LogP contribution in [0.25, 0.3) is 10.8 Å². The highest BCUT2D eigenvalue weighted by molar-refractivity contribution is 5.95. The molecule has 122 valence electrons. The number of methoxy groups -OCH3 is 1. The summed E-state index contributed by atoms with van der Waals surface area (Å²) < 4.78 is 5.12. The zero-order valence-corrected chi connectivity index (χ0v) is 12.9. The molecule has 0 radical (unpaired) electrons. The van der Waals surface area contributed by atoms with Crippen molar-refractivity contribution in [1.82, 2.24) is 10.2 Å². The van der Waals surface area contributed by atoms with Gasteiger partial charge in [-0.05, 0) is 35.9 Å². The minimum atomic E-state index is -0.423. The number of rotatable bonds is 4. The minimum absolute atomic E-state index is 0.168. The van der Waals surface area contributed by atoms with Gasteiger partial charge in [0.1, 0.15) is 5.75 Å². The van der Waals surface area contributed by atoms with Crippen LogP contribution in [0.15, 0.2) is 52.1 Å². The molecular formula is C17H15N3O4. The van der Waals surface area contributed by atoms with Gasteiger partial charge in [0.15, 0.2) is 0 Å². The number of aromatic nitrogens is 2. The molecule has 3 aromatic rings. The molecule has 7 heteroatoms. The van der Waals surface area contributed by atoms with Gasteiger partial charge in [-0.3, -0.25) is 24.6 Å². The summed E-state index contributed by atoms with van der Waals surface area (Å²) >= 11 is 0. The topological polar surface area (TPSA) is 104 Å². The Bertz CT molecular complexity index is 1020. The van der Waals surface area contributed by atoms with Crippen LogP contribution in [0.1, 0.15) is 5.56 Å². The molecule has 1 aromatic heterocycles. The maximum Gasteiger partial charge on any atom is 0.270 e. The normalized spacial score (nSPS) is 10.5. The number of ether oxygens (including phenoxy) is 1. The molecule has 0 unspecified atom stereocenters. The number of hydrogen-bond donors (Lipinski definition) is 3. The van der Waals surface area contributed by atoms with E-state index in [2.05, 4.69) is 15.5 Å². The number of carbonyl (C=O) groups excluding carboxylic acids is 1. The molecule has 1 heterocycles. The number of fused-ring (bicyclic) bond motifs is 1. The Labute approximate surface area is 136 Å². The largest absolute Gasteiger partial charge is 0.497 e. The molecule has 3 N–H and O–H groups in total. The summed E-state index contributed by atoms with van der Waals surface area (Å²) in [4.78, 5) is 35.6. The van der Waals surface area contributed by atoms with Gasteiger partial charge in [-0.1, -0.05) is 12.1 Å². The molecule has 24 heavy (non-hydrogen) atoms. The van der Waals surface area contributed by atoms with E-state index < -0.39 is 5.56 Å². The van der Waals surface area contributed by atoms with Gasteiger partial charge in [0.05, 0.1) is 24.3 Å². The number of nitrogens with one attached hydrogen (secondary N) is 3. The third kappa shape index (κ3) is 3.19. The zero-order valence-electron chi connectivity index (χ0n) is 12.9. The minimum Gasteiger partial charge on any atom is -0.497 e. The lowest BCUT2D eigenvalue weighted by molar-refractivity contribution is -0.115. The Morgan fingerprint density at radius 2 is 1.79 bits per heavy atom. The molecule has 0 aliphatic rings. The highest BCUT2D eigenvalue weighted by Crippen LogP contribution is 2.15. The third-order valence-corrected chi connectivity index (χ3v) is 3.58. The Hall–Kier alpha value is -3.35. The van der Waals surface area contributed by atoms with E-state index in [4.69, 9.17) is 4.74 Å². The molecule has 0 aliphatic heterocycles.